The second kappa shape index (κ2) is 6.08. The lowest BCUT2D eigenvalue weighted by Crippen LogP contribution is -2.41. The lowest BCUT2D eigenvalue weighted by molar-refractivity contribution is -0.140. The van der Waals surface area contributed by atoms with Gasteiger partial charge >= 0.3 is 5.97 Å². The molecule has 1 spiro atoms. The SMILES string of the molecule is O=C(O)C1CC12CCN(C(=O)COCc1ccccc1)CC2. The van der Waals surface area contributed by atoms with Gasteiger partial charge in [0.15, 0.2) is 0 Å². The number of aliphatic carboxylic acids is 1. The van der Waals surface area contributed by atoms with Crippen molar-refractivity contribution in [2.24, 2.45) is 11.3 Å². The van der Waals surface area contributed by atoms with Crippen LogP contribution in [-0.2, 0) is 20.9 Å². The molecular formula is C17H21NO4. The predicted octanol–water partition coefficient (Wildman–Crippen LogP) is 1.92. The van der Waals surface area contributed by atoms with Crippen LogP contribution in [0.5, 0.6) is 0 Å². The fourth-order valence-electron chi connectivity index (χ4n) is 3.37. The van der Waals surface area contributed by atoms with Crippen molar-refractivity contribution in [2.45, 2.75) is 25.9 Å². The molecule has 1 unspecified atom stereocenters. The van der Waals surface area contributed by atoms with Gasteiger partial charge in [0.1, 0.15) is 6.61 Å². The van der Waals surface area contributed by atoms with Gasteiger partial charge in [0.05, 0.1) is 12.5 Å². The molecule has 118 valence electrons. The summed E-state index contributed by atoms with van der Waals surface area (Å²) in [4.78, 5) is 24.9. The van der Waals surface area contributed by atoms with Gasteiger partial charge in [0, 0.05) is 13.1 Å². The van der Waals surface area contributed by atoms with E-state index in [2.05, 4.69) is 0 Å². The number of piperidine rings is 1. The number of ether oxygens (including phenoxy) is 1. The zero-order valence-electron chi connectivity index (χ0n) is 12.5. The molecular weight excluding hydrogens is 282 g/mol. The van der Waals surface area contributed by atoms with E-state index in [0.29, 0.717) is 19.7 Å². The normalized spacial score (nSPS) is 22.5. The van der Waals surface area contributed by atoms with Gasteiger partial charge in [-0.1, -0.05) is 30.3 Å². The Balaban J connectivity index is 1.40. The molecule has 1 heterocycles. The lowest BCUT2D eigenvalue weighted by atomic mass is 9.91. The Morgan fingerprint density at radius 3 is 2.50 bits per heavy atom. The molecule has 1 N–H and O–H groups in total. The fraction of sp³-hybridized carbons (Fsp3) is 0.529. The second-order valence-corrected chi connectivity index (χ2v) is 6.32. The third-order valence-corrected chi connectivity index (χ3v) is 4.94. The summed E-state index contributed by atoms with van der Waals surface area (Å²) in [7, 11) is 0. The number of hydrogen-bond donors (Lipinski definition) is 1. The van der Waals surface area contributed by atoms with E-state index < -0.39 is 5.97 Å². The Hall–Kier alpha value is -1.88. The number of amides is 1. The van der Waals surface area contributed by atoms with Gasteiger partial charge in [-0.05, 0) is 30.2 Å². The van der Waals surface area contributed by atoms with Gasteiger partial charge in [-0.2, -0.15) is 0 Å². The monoisotopic (exact) mass is 303 g/mol. The van der Waals surface area contributed by atoms with Crippen molar-refractivity contribution >= 4 is 11.9 Å². The predicted molar refractivity (Wildman–Crippen MR) is 80.1 cm³/mol. The molecule has 5 nitrogen and oxygen atoms in total. The third kappa shape index (κ3) is 3.14. The zero-order valence-corrected chi connectivity index (χ0v) is 12.5. The van der Waals surface area contributed by atoms with E-state index in [1.807, 2.05) is 30.3 Å². The van der Waals surface area contributed by atoms with Crippen molar-refractivity contribution in [3.63, 3.8) is 0 Å². The number of carboxylic acid groups (broad SMARTS) is 1. The largest absolute Gasteiger partial charge is 0.481 e. The average molecular weight is 303 g/mol. The maximum Gasteiger partial charge on any atom is 0.307 e. The van der Waals surface area contributed by atoms with E-state index >= 15 is 0 Å². The van der Waals surface area contributed by atoms with Crippen LogP contribution in [0.1, 0.15) is 24.8 Å². The highest BCUT2D eigenvalue weighted by Gasteiger charge is 2.59. The van der Waals surface area contributed by atoms with E-state index in [9.17, 15) is 9.59 Å². The van der Waals surface area contributed by atoms with Crippen LogP contribution >= 0.6 is 0 Å². The van der Waals surface area contributed by atoms with Crippen LogP contribution in [0.15, 0.2) is 30.3 Å². The molecule has 1 saturated carbocycles. The molecule has 1 atom stereocenters. The van der Waals surface area contributed by atoms with Crippen LogP contribution < -0.4 is 0 Å². The van der Waals surface area contributed by atoms with E-state index in [4.69, 9.17) is 9.84 Å². The van der Waals surface area contributed by atoms with Crippen molar-refractivity contribution in [1.82, 2.24) is 4.90 Å². The third-order valence-electron chi connectivity index (χ3n) is 4.94. The highest BCUT2D eigenvalue weighted by molar-refractivity contribution is 5.78. The van der Waals surface area contributed by atoms with Gasteiger partial charge in [-0.15, -0.1) is 0 Å². The summed E-state index contributed by atoms with van der Waals surface area (Å²) in [5.74, 6) is -0.886. The first-order valence-corrected chi connectivity index (χ1v) is 7.73. The van der Waals surface area contributed by atoms with Gasteiger partial charge in [0.2, 0.25) is 5.91 Å². The van der Waals surface area contributed by atoms with Crippen molar-refractivity contribution in [3.05, 3.63) is 35.9 Å². The first-order valence-electron chi connectivity index (χ1n) is 7.73. The Kier molecular flexibility index (Phi) is 4.16. The molecule has 0 radical (unpaired) electrons. The Labute approximate surface area is 129 Å². The summed E-state index contributed by atoms with van der Waals surface area (Å²) >= 11 is 0. The molecule has 2 aliphatic rings. The second-order valence-electron chi connectivity index (χ2n) is 6.32. The van der Waals surface area contributed by atoms with Crippen LogP contribution in [0, 0.1) is 11.3 Å². The molecule has 0 aromatic heterocycles. The molecule has 2 fully saturated rings. The molecule has 22 heavy (non-hydrogen) atoms. The standard InChI is InChI=1S/C17H21NO4/c19-15(12-22-11-13-4-2-1-3-5-13)18-8-6-17(7-9-18)10-14(17)16(20)21/h1-5,14H,6-12H2,(H,20,21). The van der Waals surface area contributed by atoms with Gasteiger partial charge in [-0.3, -0.25) is 9.59 Å². The molecule has 1 aromatic carbocycles. The van der Waals surface area contributed by atoms with E-state index in [1.165, 1.54) is 0 Å². The number of hydrogen-bond acceptors (Lipinski definition) is 3. The van der Waals surface area contributed by atoms with Crippen LogP contribution in [0.25, 0.3) is 0 Å². The molecule has 1 aliphatic heterocycles. The minimum atomic E-state index is -0.689. The minimum Gasteiger partial charge on any atom is -0.481 e. The lowest BCUT2D eigenvalue weighted by Gasteiger charge is -2.32. The highest BCUT2D eigenvalue weighted by Crippen LogP contribution is 2.59. The maximum absolute atomic E-state index is 12.1. The topological polar surface area (TPSA) is 66.8 Å². The number of benzene rings is 1. The fourth-order valence-corrected chi connectivity index (χ4v) is 3.37. The number of carbonyl (C=O) groups is 2. The Bertz CT molecular complexity index is 549. The number of likely N-dealkylation sites (tertiary alicyclic amines) is 1. The number of carboxylic acids is 1. The first kappa shape index (κ1) is 15.0. The Morgan fingerprint density at radius 2 is 1.91 bits per heavy atom. The summed E-state index contributed by atoms with van der Waals surface area (Å²) in [5.41, 5.74) is 1.02. The van der Waals surface area contributed by atoms with Crippen LogP contribution in [0.3, 0.4) is 0 Å². The van der Waals surface area contributed by atoms with Gasteiger partial charge in [-0.25, -0.2) is 0 Å². The van der Waals surface area contributed by atoms with E-state index in [1.54, 1.807) is 4.90 Å². The van der Waals surface area contributed by atoms with Gasteiger partial charge in [0.25, 0.3) is 0 Å². The number of nitrogens with zero attached hydrogens (tertiary/aromatic N) is 1. The maximum atomic E-state index is 12.1. The summed E-state index contributed by atoms with van der Waals surface area (Å²) < 4.78 is 5.48. The first-order chi connectivity index (χ1) is 10.6. The average Bonchev–Trinajstić information content (AvgIpc) is 3.23. The smallest absolute Gasteiger partial charge is 0.307 e. The summed E-state index contributed by atoms with van der Waals surface area (Å²) in [6.45, 7) is 1.82. The molecule has 1 saturated heterocycles. The highest BCUT2D eigenvalue weighted by atomic mass is 16.5. The molecule has 3 rings (SSSR count). The van der Waals surface area contributed by atoms with Crippen molar-refractivity contribution in [3.8, 4) is 0 Å². The summed E-state index contributed by atoms with van der Waals surface area (Å²) in [5, 5.41) is 9.07. The van der Waals surface area contributed by atoms with Crippen LogP contribution in [-0.4, -0.2) is 41.6 Å². The molecule has 0 bridgehead atoms. The summed E-state index contributed by atoms with van der Waals surface area (Å²) in [6, 6.07) is 9.77. The van der Waals surface area contributed by atoms with E-state index in [0.717, 1.165) is 24.8 Å². The molecule has 5 heteroatoms. The van der Waals surface area contributed by atoms with Crippen LogP contribution in [0.4, 0.5) is 0 Å². The quantitative estimate of drug-likeness (QED) is 0.902. The summed E-state index contributed by atoms with van der Waals surface area (Å²) in [6.07, 6.45) is 2.37. The van der Waals surface area contributed by atoms with Crippen molar-refractivity contribution in [1.29, 1.82) is 0 Å². The molecule has 1 amide bonds. The Morgan fingerprint density at radius 1 is 1.23 bits per heavy atom. The minimum absolute atomic E-state index is 0.00157. The molecule has 1 aromatic rings. The number of carbonyl (C=O) groups excluding carboxylic acids is 1. The van der Waals surface area contributed by atoms with Crippen molar-refractivity contribution in [2.75, 3.05) is 19.7 Å². The zero-order chi connectivity index (χ0) is 15.6. The van der Waals surface area contributed by atoms with Crippen molar-refractivity contribution < 1.29 is 19.4 Å². The van der Waals surface area contributed by atoms with E-state index in [-0.39, 0.29) is 23.8 Å². The molecule has 1 aliphatic carbocycles. The van der Waals surface area contributed by atoms with Crippen LogP contribution in [0.2, 0.25) is 0 Å². The number of rotatable bonds is 5. The van der Waals surface area contributed by atoms with Gasteiger partial charge < -0.3 is 14.7 Å².